The molecule has 1 aliphatic heterocycles. The third-order valence-electron chi connectivity index (χ3n) is 5.39. The molecule has 0 unspecified atom stereocenters. The maximum atomic E-state index is 13.8. The first kappa shape index (κ1) is 19.4. The molecule has 0 saturated heterocycles. The topological polar surface area (TPSA) is 46.6 Å². The number of anilines is 1. The molecule has 0 fully saturated rings. The first-order chi connectivity index (χ1) is 15.0. The molecule has 5 rings (SSSR count). The van der Waals surface area contributed by atoms with Crippen molar-refractivity contribution in [3.63, 3.8) is 0 Å². The molecule has 4 aromatic rings. The Morgan fingerprint density at radius 2 is 1.55 bits per heavy atom. The summed E-state index contributed by atoms with van der Waals surface area (Å²) in [5.74, 6) is 0.582. The molecule has 0 aromatic heterocycles. The van der Waals surface area contributed by atoms with Crippen LogP contribution in [-0.2, 0) is 10.0 Å². The zero-order chi connectivity index (χ0) is 21.4. The molecule has 1 heterocycles. The maximum Gasteiger partial charge on any atom is 0.268 e. The van der Waals surface area contributed by atoms with Gasteiger partial charge >= 0.3 is 0 Å². The SMILES string of the molecule is Cc1ccc(S(=O)(=O)N2/C(=C/c3ccccc3)COc3c2ccc2ccccc32)cc1. The van der Waals surface area contributed by atoms with Crippen LogP contribution in [0.5, 0.6) is 5.75 Å². The van der Waals surface area contributed by atoms with Crippen molar-refractivity contribution in [2.75, 3.05) is 10.9 Å². The van der Waals surface area contributed by atoms with Gasteiger partial charge in [-0.2, -0.15) is 0 Å². The smallest absolute Gasteiger partial charge is 0.268 e. The fraction of sp³-hybridized carbons (Fsp3) is 0.0769. The number of hydrogen-bond donors (Lipinski definition) is 0. The molecule has 1 aliphatic rings. The summed E-state index contributed by atoms with van der Waals surface area (Å²) in [7, 11) is -3.85. The van der Waals surface area contributed by atoms with Crippen molar-refractivity contribution in [2.45, 2.75) is 11.8 Å². The van der Waals surface area contributed by atoms with E-state index in [4.69, 9.17) is 4.74 Å². The molecule has 31 heavy (non-hydrogen) atoms. The lowest BCUT2D eigenvalue weighted by atomic mass is 10.1. The number of ether oxygens (including phenoxy) is 1. The summed E-state index contributed by atoms with van der Waals surface area (Å²) < 4.78 is 35.2. The zero-order valence-electron chi connectivity index (χ0n) is 17.0. The molecule has 4 nitrogen and oxygen atoms in total. The Morgan fingerprint density at radius 3 is 2.32 bits per heavy atom. The lowest BCUT2D eigenvalue weighted by Crippen LogP contribution is -2.36. The van der Waals surface area contributed by atoms with E-state index in [0.29, 0.717) is 17.1 Å². The molecule has 0 bridgehead atoms. The average molecular weight is 428 g/mol. The monoisotopic (exact) mass is 427 g/mol. The van der Waals surface area contributed by atoms with Crippen LogP contribution in [0.3, 0.4) is 0 Å². The number of benzene rings is 4. The van der Waals surface area contributed by atoms with Gasteiger partial charge in [0.1, 0.15) is 6.61 Å². The van der Waals surface area contributed by atoms with Crippen LogP contribution in [0.25, 0.3) is 16.8 Å². The normalized spacial score (nSPS) is 15.0. The largest absolute Gasteiger partial charge is 0.484 e. The van der Waals surface area contributed by atoms with Crippen LogP contribution in [0.2, 0.25) is 0 Å². The van der Waals surface area contributed by atoms with Gasteiger partial charge < -0.3 is 4.74 Å². The van der Waals surface area contributed by atoms with Crippen molar-refractivity contribution in [3.05, 3.63) is 108 Å². The fourth-order valence-electron chi connectivity index (χ4n) is 3.84. The van der Waals surface area contributed by atoms with E-state index in [2.05, 4.69) is 0 Å². The van der Waals surface area contributed by atoms with Crippen LogP contribution in [0.4, 0.5) is 5.69 Å². The summed E-state index contributed by atoms with van der Waals surface area (Å²) in [6, 6.07) is 28.2. The Morgan fingerprint density at radius 1 is 0.839 bits per heavy atom. The number of nitrogens with zero attached hydrogens (tertiary/aromatic N) is 1. The number of hydrogen-bond acceptors (Lipinski definition) is 3. The van der Waals surface area contributed by atoms with E-state index >= 15 is 0 Å². The molecule has 0 amide bonds. The molecule has 0 atom stereocenters. The Kier molecular flexibility index (Phi) is 4.75. The number of aryl methyl sites for hydroxylation is 1. The second-order valence-corrected chi connectivity index (χ2v) is 9.34. The molecule has 5 heteroatoms. The zero-order valence-corrected chi connectivity index (χ0v) is 17.8. The summed E-state index contributed by atoms with van der Waals surface area (Å²) >= 11 is 0. The quantitative estimate of drug-likeness (QED) is 0.417. The van der Waals surface area contributed by atoms with Gasteiger partial charge in [0.15, 0.2) is 5.75 Å². The molecular weight excluding hydrogens is 406 g/mol. The summed E-state index contributed by atoms with van der Waals surface area (Å²) in [4.78, 5) is 0.248. The lowest BCUT2D eigenvalue weighted by Gasteiger charge is -2.33. The highest BCUT2D eigenvalue weighted by molar-refractivity contribution is 7.93. The van der Waals surface area contributed by atoms with Gasteiger partial charge in [-0.15, -0.1) is 0 Å². The van der Waals surface area contributed by atoms with Gasteiger partial charge in [0.2, 0.25) is 0 Å². The van der Waals surface area contributed by atoms with Gasteiger partial charge in [-0.1, -0.05) is 78.4 Å². The van der Waals surface area contributed by atoms with Crippen molar-refractivity contribution >= 4 is 32.6 Å². The first-order valence-electron chi connectivity index (χ1n) is 10.1. The lowest BCUT2D eigenvalue weighted by molar-refractivity contribution is 0.346. The molecule has 0 spiro atoms. The van der Waals surface area contributed by atoms with E-state index in [0.717, 1.165) is 21.9 Å². The highest BCUT2D eigenvalue weighted by atomic mass is 32.2. The van der Waals surface area contributed by atoms with Gasteiger partial charge in [0.05, 0.1) is 16.3 Å². The third kappa shape index (κ3) is 3.47. The van der Waals surface area contributed by atoms with E-state index in [-0.39, 0.29) is 11.5 Å². The minimum atomic E-state index is -3.85. The molecule has 4 aromatic carbocycles. The minimum absolute atomic E-state index is 0.154. The minimum Gasteiger partial charge on any atom is -0.484 e. The van der Waals surface area contributed by atoms with Crippen LogP contribution in [0, 0.1) is 6.92 Å². The van der Waals surface area contributed by atoms with Gasteiger partial charge in [0.25, 0.3) is 10.0 Å². The second kappa shape index (κ2) is 7.60. The first-order valence-corrected chi connectivity index (χ1v) is 11.5. The molecule has 0 aliphatic carbocycles. The summed E-state index contributed by atoms with van der Waals surface area (Å²) in [6.07, 6.45) is 1.86. The predicted octanol–water partition coefficient (Wildman–Crippen LogP) is 5.78. The fourth-order valence-corrected chi connectivity index (χ4v) is 5.35. The van der Waals surface area contributed by atoms with E-state index in [1.807, 2.05) is 91.9 Å². The number of fused-ring (bicyclic) bond motifs is 3. The number of sulfonamides is 1. The van der Waals surface area contributed by atoms with E-state index in [1.54, 1.807) is 12.1 Å². The molecule has 0 saturated carbocycles. The van der Waals surface area contributed by atoms with Crippen LogP contribution >= 0.6 is 0 Å². The van der Waals surface area contributed by atoms with Crippen molar-refractivity contribution < 1.29 is 13.2 Å². The Bertz CT molecular complexity index is 1390. The highest BCUT2D eigenvalue weighted by Gasteiger charge is 2.34. The van der Waals surface area contributed by atoms with Crippen LogP contribution < -0.4 is 9.04 Å². The van der Waals surface area contributed by atoms with Crippen molar-refractivity contribution in [3.8, 4) is 5.75 Å². The van der Waals surface area contributed by atoms with Crippen molar-refractivity contribution in [2.24, 2.45) is 0 Å². The molecule has 154 valence electrons. The van der Waals surface area contributed by atoms with Crippen LogP contribution in [0.1, 0.15) is 11.1 Å². The van der Waals surface area contributed by atoms with Crippen LogP contribution in [0.15, 0.2) is 102 Å². The average Bonchev–Trinajstić information content (AvgIpc) is 2.79. The van der Waals surface area contributed by atoms with Crippen LogP contribution in [-0.4, -0.2) is 15.0 Å². The van der Waals surface area contributed by atoms with Gasteiger partial charge in [-0.3, -0.25) is 0 Å². The van der Waals surface area contributed by atoms with Gasteiger partial charge in [-0.05, 0) is 42.1 Å². The molecular formula is C26H21NO3S. The number of rotatable bonds is 3. The molecule has 0 radical (unpaired) electrons. The summed E-state index contributed by atoms with van der Waals surface area (Å²) in [5.41, 5.74) is 3.00. The third-order valence-corrected chi connectivity index (χ3v) is 7.17. The van der Waals surface area contributed by atoms with E-state index < -0.39 is 10.0 Å². The van der Waals surface area contributed by atoms with E-state index in [1.165, 1.54) is 4.31 Å². The Labute approximate surface area is 182 Å². The Hall–Kier alpha value is -3.57. The summed E-state index contributed by atoms with van der Waals surface area (Å²) in [6.45, 7) is 2.09. The van der Waals surface area contributed by atoms with Crippen molar-refractivity contribution in [1.82, 2.24) is 0 Å². The Balaban J connectivity index is 1.74. The standard InChI is InChI=1S/C26H21NO3S/c1-19-11-14-23(15-12-19)31(28,29)27-22(17-20-7-3-2-4-8-20)18-30-26-24-10-6-5-9-21(24)13-16-25(26)27/h2-17H,18H2,1H3/b22-17+. The maximum absolute atomic E-state index is 13.8. The van der Waals surface area contributed by atoms with Gasteiger partial charge in [-0.25, -0.2) is 12.7 Å². The second-order valence-electron chi connectivity index (χ2n) is 7.55. The van der Waals surface area contributed by atoms with Gasteiger partial charge in [0, 0.05) is 5.39 Å². The van der Waals surface area contributed by atoms with E-state index in [9.17, 15) is 8.42 Å². The molecule has 0 N–H and O–H groups in total. The highest BCUT2D eigenvalue weighted by Crippen LogP contribution is 2.44. The summed E-state index contributed by atoms with van der Waals surface area (Å²) in [5, 5.41) is 1.90. The predicted molar refractivity (Wildman–Crippen MR) is 125 cm³/mol. The van der Waals surface area contributed by atoms with Crippen molar-refractivity contribution in [1.29, 1.82) is 0 Å².